The normalized spacial score (nSPS) is 50.1. The van der Waals surface area contributed by atoms with Gasteiger partial charge in [0.05, 0.1) is 5.41 Å². The van der Waals surface area contributed by atoms with Gasteiger partial charge >= 0.3 is 5.97 Å². The second kappa shape index (κ2) is 4.79. The number of hydrogen-bond donors (Lipinski definition) is 1. The van der Waals surface area contributed by atoms with Crippen molar-refractivity contribution >= 4 is 5.97 Å². The highest BCUT2D eigenvalue weighted by molar-refractivity contribution is 5.74. The highest BCUT2D eigenvalue weighted by atomic mass is 16.4. The van der Waals surface area contributed by atoms with Crippen LogP contribution in [0.25, 0.3) is 0 Å². The highest BCUT2D eigenvalue weighted by Crippen LogP contribution is 2.57. The van der Waals surface area contributed by atoms with Crippen molar-refractivity contribution in [3.05, 3.63) is 0 Å². The first-order chi connectivity index (χ1) is 9.02. The largest absolute Gasteiger partial charge is 0.481 e. The first-order valence-corrected chi connectivity index (χ1v) is 8.26. The van der Waals surface area contributed by atoms with Crippen LogP contribution in [0.5, 0.6) is 0 Å². The maximum atomic E-state index is 11.7. The van der Waals surface area contributed by atoms with Crippen LogP contribution >= 0.6 is 0 Å². The molecule has 0 aromatic carbocycles. The van der Waals surface area contributed by atoms with Gasteiger partial charge in [0.25, 0.3) is 0 Å². The summed E-state index contributed by atoms with van der Waals surface area (Å²) in [5, 5.41) is 9.67. The Balaban J connectivity index is 1.82. The lowest BCUT2D eigenvalue weighted by Gasteiger charge is -2.54. The average molecular weight is 264 g/mol. The van der Waals surface area contributed by atoms with Gasteiger partial charge in [0.1, 0.15) is 0 Å². The van der Waals surface area contributed by atoms with Crippen molar-refractivity contribution in [1.82, 2.24) is 0 Å². The number of carboxylic acids is 1. The Kier molecular flexibility index (Phi) is 3.39. The summed E-state index contributed by atoms with van der Waals surface area (Å²) >= 11 is 0. The predicted molar refractivity (Wildman–Crippen MR) is 75.8 cm³/mol. The minimum absolute atomic E-state index is 0.434. The number of carboxylic acid groups (broad SMARTS) is 1. The van der Waals surface area contributed by atoms with Crippen molar-refractivity contribution in [2.24, 2.45) is 35.0 Å². The van der Waals surface area contributed by atoms with E-state index in [0.29, 0.717) is 11.8 Å². The summed E-state index contributed by atoms with van der Waals surface area (Å²) in [5.41, 5.74) is -0.434. The minimum Gasteiger partial charge on any atom is -0.481 e. The second-order valence-corrected chi connectivity index (χ2v) is 7.80. The lowest BCUT2D eigenvalue weighted by molar-refractivity contribution is -0.161. The molecule has 1 N–H and O–H groups in total. The molecule has 0 bridgehead atoms. The number of aliphatic carboxylic acids is 1. The molecule has 19 heavy (non-hydrogen) atoms. The van der Waals surface area contributed by atoms with Gasteiger partial charge in [-0.1, -0.05) is 19.8 Å². The van der Waals surface area contributed by atoms with Gasteiger partial charge in [-0.25, -0.2) is 0 Å². The van der Waals surface area contributed by atoms with E-state index in [-0.39, 0.29) is 0 Å². The van der Waals surface area contributed by atoms with Gasteiger partial charge in [-0.05, 0) is 75.0 Å². The van der Waals surface area contributed by atoms with Crippen molar-refractivity contribution in [2.45, 2.75) is 65.2 Å². The van der Waals surface area contributed by atoms with E-state index in [1.807, 2.05) is 6.92 Å². The first-order valence-electron chi connectivity index (χ1n) is 8.26. The summed E-state index contributed by atoms with van der Waals surface area (Å²) in [5.74, 6) is 3.27. The van der Waals surface area contributed by atoms with Crippen LogP contribution < -0.4 is 0 Å². The Labute approximate surface area is 117 Å². The molecular formula is C17H28O2. The van der Waals surface area contributed by atoms with E-state index in [4.69, 9.17) is 0 Å². The zero-order chi connectivity index (χ0) is 13.6. The topological polar surface area (TPSA) is 37.3 Å². The Bertz CT molecular complexity index is 364. The van der Waals surface area contributed by atoms with Crippen molar-refractivity contribution in [3.63, 3.8) is 0 Å². The van der Waals surface area contributed by atoms with Crippen LogP contribution in [-0.2, 0) is 4.79 Å². The molecule has 0 heterocycles. The third-order valence-electron chi connectivity index (χ3n) is 6.76. The molecule has 0 aromatic heterocycles. The monoisotopic (exact) mass is 264 g/mol. The van der Waals surface area contributed by atoms with Crippen molar-refractivity contribution in [1.29, 1.82) is 0 Å². The Morgan fingerprint density at radius 1 is 1.11 bits per heavy atom. The lowest BCUT2D eigenvalue weighted by atomic mass is 9.50. The van der Waals surface area contributed by atoms with E-state index in [1.165, 1.54) is 38.5 Å². The van der Waals surface area contributed by atoms with E-state index in [9.17, 15) is 9.90 Å². The number of rotatable bonds is 1. The molecule has 0 amide bonds. The van der Waals surface area contributed by atoms with Crippen LogP contribution in [-0.4, -0.2) is 11.1 Å². The third-order valence-corrected chi connectivity index (χ3v) is 6.76. The third kappa shape index (κ3) is 2.11. The van der Waals surface area contributed by atoms with E-state index < -0.39 is 11.4 Å². The standard InChI is InChI=1S/C17H28O2/c1-11-5-7-13-12(10-11)6-8-15-14(13)4-3-9-17(15,2)16(18)19/h11-15H,3-10H2,1-2H3,(H,18,19)/t11?,12?,13-,14?,15+,17-/m1/s1. The van der Waals surface area contributed by atoms with Crippen LogP contribution in [0, 0.1) is 35.0 Å². The Hall–Kier alpha value is -0.530. The zero-order valence-corrected chi connectivity index (χ0v) is 12.4. The fourth-order valence-electron chi connectivity index (χ4n) is 5.69. The SMILES string of the molecule is CC1CC[C@@H]2C(CC[C@H]3C2CCC[C@@]3(C)C(=O)O)C1. The highest BCUT2D eigenvalue weighted by Gasteiger charge is 2.53. The van der Waals surface area contributed by atoms with Gasteiger partial charge in [-0.15, -0.1) is 0 Å². The molecule has 3 aliphatic carbocycles. The molecule has 0 aromatic rings. The molecule has 2 heteroatoms. The van der Waals surface area contributed by atoms with Gasteiger partial charge in [0.15, 0.2) is 0 Å². The summed E-state index contributed by atoms with van der Waals surface area (Å²) in [6.45, 7) is 4.42. The molecule has 0 saturated heterocycles. The fourth-order valence-corrected chi connectivity index (χ4v) is 5.69. The summed E-state index contributed by atoms with van der Waals surface area (Å²) in [4.78, 5) is 11.7. The molecule has 6 atom stereocenters. The van der Waals surface area contributed by atoms with Gasteiger partial charge < -0.3 is 5.11 Å². The van der Waals surface area contributed by atoms with Crippen molar-refractivity contribution in [2.75, 3.05) is 0 Å². The quantitative estimate of drug-likeness (QED) is 0.765. The zero-order valence-electron chi connectivity index (χ0n) is 12.4. The smallest absolute Gasteiger partial charge is 0.309 e. The fraction of sp³-hybridized carbons (Fsp3) is 0.941. The molecule has 0 radical (unpaired) electrons. The first kappa shape index (κ1) is 13.5. The van der Waals surface area contributed by atoms with E-state index >= 15 is 0 Å². The predicted octanol–water partition coefficient (Wildman–Crippen LogP) is 4.34. The molecule has 108 valence electrons. The molecule has 3 fully saturated rings. The van der Waals surface area contributed by atoms with E-state index in [0.717, 1.165) is 30.6 Å². The molecule has 3 rings (SSSR count). The van der Waals surface area contributed by atoms with Crippen LogP contribution in [0.15, 0.2) is 0 Å². The van der Waals surface area contributed by atoms with E-state index in [2.05, 4.69) is 6.92 Å². The average Bonchev–Trinajstić information content (AvgIpc) is 2.38. The maximum absolute atomic E-state index is 11.7. The van der Waals surface area contributed by atoms with Crippen LogP contribution in [0.1, 0.15) is 65.2 Å². The second-order valence-electron chi connectivity index (χ2n) is 7.80. The maximum Gasteiger partial charge on any atom is 0.309 e. The minimum atomic E-state index is -0.537. The Morgan fingerprint density at radius 2 is 1.89 bits per heavy atom. The summed E-state index contributed by atoms with van der Waals surface area (Å²) in [6, 6.07) is 0. The van der Waals surface area contributed by atoms with Gasteiger partial charge in [0, 0.05) is 0 Å². The number of fused-ring (bicyclic) bond motifs is 3. The van der Waals surface area contributed by atoms with Gasteiger partial charge in [-0.3, -0.25) is 4.79 Å². The lowest BCUT2D eigenvalue weighted by Crippen LogP contribution is -2.50. The van der Waals surface area contributed by atoms with Gasteiger partial charge in [0.2, 0.25) is 0 Å². The van der Waals surface area contributed by atoms with E-state index in [1.54, 1.807) is 0 Å². The van der Waals surface area contributed by atoms with Gasteiger partial charge in [-0.2, -0.15) is 0 Å². The summed E-state index contributed by atoms with van der Waals surface area (Å²) in [7, 11) is 0. The summed E-state index contributed by atoms with van der Waals surface area (Å²) < 4.78 is 0. The molecule has 3 unspecified atom stereocenters. The molecule has 0 spiro atoms. The summed E-state index contributed by atoms with van der Waals surface area (Å²) in [6.07, 6.45) is 9.91. The Morgan fingerprint density at radius 3 is 2.63 bits per heavy atom. The van der Waals surface area contributed by atoms with Crippen molar-refractivity contribution < 1.29 is 9.90 Å². The molecule has 3 aliphatic rings. The van der Waals surface area contributed by atoms with Crippen LogP contribution in [0.4, 0.5) is 0 Å². The van der Waals surface area contributed by atoms with Crippen molar-refractivity contribution in [3.8, 4) is 0 Å². The van der Waals surface area contributed by atoms with Crippen LogP contribution in [0.2, 0.25) is 0 Å². The molecule has 3 saturated carbocycles. The number of carbonyl (C=O) groups is 1. The molecule has 2 nitrogen and oxygen atoms in total. The molecule has 0 aliphatic heterocycles. The van der Waals surface area contributed by atoms with Crippen LogP contribution in [0.3, 0.4) is 0 Å². The molecular weight excluding hydrogens is 236 g/mol. The number of hydrogen-bond acceptors (Lipinski definition) is 1.